The SMILES string of the molecule is NC(=O)c1cc(NC2CCCC34OCCC3CC24)ncn1. The zero-order valence-electron chi connectivity index (χ0n) is 11.9. The number of hydrogen-bond donors (Lipinski definition) is 2. The summed E-state index contributed by atoms with van der Waals surface area (Å²) in [5.74, 6) is 1.47. The molecule has 2 saturated carbocycles. The second-order valence-corrected chi connectivity index (χ2v) is 6.43. The molecule has 3 N–H and O–H groups in total. The minimum Gasteiger partial charge on any atom is -0.374 e. The number of amides is 1. The van der Waals surface area contributed by atoms with Crippen LogP contribution in [0.3, 0.4) is 0 Å². The van der Waals surface area contributed by atoms with Gasteiger partial charge in [-0.1, -0.05) is 0 Å². The predicted octanol–water partition coefficient (Wildman–Crippen LogP) is 1.34. The average molecular weight is 288 g/mol. The van der Waals surface area contributed by atoms with Crippen LogP contribution in [0, 0.1) is 11.8 Å². The predicted molar refractivity (Wildman–Crippen MR) is 76.7 cm³/mol. The van der Waals surface area contributed by atoms with Crippen molar-refractivity contribution in [3.05, 3.63) is 18.1 Å². The molecule has 0 aromatic carbocycles. The number of nitrogens with one attached hydrogen (secondary N) is 1. The molecule has 4 unspecified atom stereocenters. The molecular weight excluding hydrogens is 268 g/mol. The van der Waals surface area contributed by atoms with Crippen molar-refractivity contribution >= 4 is 11.7 Å². The number of ether oxygens (including phenoxy) is 1. The van der Waals surface area contributed by atoms with Gasteiger partial charge in [0, 0.05) is 24.6 Å². The fourth-order valence-electron chi connectivity index (χ4n) is 4.53. The first-order valence-corrected chi connectivity index (χ1v) is 7.71. The highest BCUT2D eigenvalue weighted by atomic mass is 16.5. The van der Waals surface area contributed by atoms with Gasteiger partial charge in [0.1, 0.15) is 17.8 Å². The van der Waals surface area contributed by atoms with Gasteiger partial charge in [-0.3, -0.25) is 4.79 Å². The van der Waals surface area contributed by atoms with E-state index < -0.39 is 5.91 Å². The third-order valence-corrected chi connectivity index (χ3v) is 5.52. The molecule has 1 aliphatic heterocycles. The Balaban J connectivity index is 1.52. The van der Waals surface area contributed by atoms with Gasteiger partial charge in [-0.2, -0.15) is 0 Å². The summed E-state index contributed by atoms with van der Waals surface area (Å²) >= 11 is 0. The maximum atomic E-state index is 11.2. The van der Waals surface area contributed by atoms with Gasteiger partial charge >= 0.3 is 0 Å². The lowest BCUT2D eigenvalue weighted by atomic mass is 9.53. The van der Waals surface area contributed by atoms with Crippen LogP contribution in [0.25, 0.3) is 0 Å². The number of rotatable bonds is 3. The van der Waals surface area contributed by atoms with Crippen LogP contribution >= 0.6 is 0 Å². The molecule has 6 nitrogen and oxygen atoms in total. The topological polar surface area (TPSA) is 90.1 Å². The van der Waals surface area contributed by atoms with E-state index in [9.17, 15) is 4.79 Å². The van der Waals surface area contributed by atoms with E-state index in [1.165, 1.54) is 32.0 Å². The van der Waals surface area contributed by atoms with Crippen LogP contribution < -0.4 is 11.1 Å². The van der Waals surface area contributed by atoms with E-state index in [-0.39, 0.29) is 11.3 Å². The summed E-state index contributed by atoms with van der Waals surface area (Å²) in [6.45, 7) is 0.910. The van der Waals surface area contributed by atoms with E-state index in [4.69, 9.17) is 10.5 Å². The van der Waals surface area contributed by atoms with E-state index in [0.717, 1.165) is 18.9 Å². The zero-order valence-corrected chi connectivity index (χ0v) is 11.9. The smallest absolute Gasteiger partial charge is 0.267 e. The largest absolute Gasteiger partial charge is 0.374 e. The van der Waals surface area contributed by atoms with Crippen molar-refractivity contribution in [3.63, 3.8) is 0 Å². The van der Waals surface area contributed by atoms with Gasteiger partial charge in [-0.25, -0.2) is 9.97 Å². The zero-order chi connectivity index (χ0) is 14.4. The molecule has 0 radical (unpaired) electrons. The number of nitrogens with zero attached hydrogens (tertiary/aromatic N) is 2. The van der Waals surface area contributed by atoms with Crippen molar-refractivity contribution in [2.45, 2.75) is 43.7 Å². The normalized spacial score (nSPS) is 37.2. The van der Waals surface area contributed by atoms with Gasteiger partial charge in [0.15, 0.2) is 0 Å². The molecule has 21 heavy (non-hydrogen) atoms. The van der Waals surface area contributed by atoms with E-state index in [1.807, 2.05) is 0 Å². The third-order valence-electron chi connectivity index (χ3n) is 5.52. The van der Waals surface area contributed by atoms with Crippen molar-refractivity contribution in [2.24, 2.45) is 17.6 Å². The summed E-state index contributed by atoms with van der Waals surface area (Å²) in [6.07, 6.45) is 7.33. The first-order chi connectivity index (χ1) is 10.2. The molecule has 1 saturated heterocycles. The second kappa shape index (κ2) is 4.66. The molecule has 0 bridgehead atoms. The molecule has 6 heteroatoms. The van der Waals surface area contributed by atoms with Crippen molar-refractivity contribution in [2.75, 3.05) is 11.9 Å². The first-order valence-electron chi connectivity index (χ1n) is 7.71. The maximum Gasteiger partial charge on any atom is 0.267 e. The van der Waals surface area contributed by atoms with Gasteiger partial charge in [-0.05, 0) is 38.0 Å². The Hall–Kier alpha value is -1.69. The fraction of sp³-hybridized carbons (Fsp3) is 0.667. The molecule has 3 fully saturated rings. The van der Waals surface area contributed by atoms with Crippen LogP contribution in [0.2, 0.25) is 0 Å². The summed E-state index contributed by atoms with van der Waals surface area (Å²) in [7, 11) is 0. The Morgan fingerprint density at radius 1 is 1.43 bits per heavy atom. The Kier molecular flexibility index (Phi) is 2.89. The first kappa shape index (κ1) is 13.0. The number of carbonyl (C=O) groups excluding carboxylic acids is 1. The summed E-state index contributed by atoms with van der Waals surface area (Å²) in [5.41, 5.74) is 5.64. The van der Waals surface area contributed by atoms with E-state index >= 15 is 0 Å². The van der Waals surface area contributed by atoms with Crippen LogP contribution in [-0.4, -0.2) is 34.1 Å². The Morgan fingerprint density at radius 3 is 3.14 bits per heavy atom. The monoisotopic (exact) mass is 288 g/mol. The third kappa shape index (κ3) is 1.92. The summed E-state index contributed by atoms with van der Waals surface area (Å²) < 4.78 is 6.13. The number of nitrogens with two attached hydrogens (primary N) is 1. The molecule has 4 rings (SSSR count). The molecule has 1 spiro atoms. The Labute approximate surface area is 123 Å². The van der Waals surface area contributed by atoms with Gasteiger partial charge in [-0.15, -0.1) is 0 Å². The van der Waals surface area contributed by atoms with Gasteiger partial charge in [0.05, 0.1) is 5.60 Å². The summed E-state index contributed by atoms with van der Waals surface area (Å²) in [4.78, 5) is 19.3. The molecular formula is C15H20N4O2. The molecule has 1 aromatic rings. The Bertz CT molecular complexity index is 579. The van der Waals surface area contributed by atoms with Gasteiger partial charge in [0.25, 0.3) is 5.91 Å². The lowest BCUT2D eigenvalue weighted by Gasteiger charge is -2.57. The van der Waals surface area contributed by atoms with Crippen LogP contribution in [0.4, 0.5) is 5.82 Å². The molecule has 2 heterocycles. The number of hydrogen-bond acceptors (Lipinski definition) is 5. The summed E-state index contributed by atoms with van der Waals surface area (Å²) in [5, 5.41) is 3.48. The molecule has 1 amide bonds. The minimum absolute atomic E-state index is 0.120. The molecule has 112 valence electrons. The van der Waals surface area contributed by atoms with Crippen molar-refractivity contribution in [1.29, 1.82) is 0 Å². The van der Waals surface area contributed by atoms with Crippen LogP contribution in [0.1, 0.15) is 42.6 Å². The molecule has 1 aromatic heterocycles. The van der Waals surface area contributed by atoms with Crippen LogP contribution in [0.5, 0.6) is 0 Å². The van der Waals surface area contributed by atoms with Crippen molar-refractivity contribution in [1.82, 2.24) is 9.97 Å². The highest BCUT2D eigenvalue weighted by Gasteiger charge is 2.62. The lowest BCUT2D eigenvalue weighted by Crippen LogP contribution is -2.61. The maximum absolute atomic E-state index is 11.2. The quantitative estimate of drug-likeness (QED) is 0.876. The minimum atomic E-state index is -0.525. The van der Waals surface area contributed by atoms with E-state index in [0.29, 0.717) is 17.8 Å². The van der Waals surface area contributed by atoms with E-state index in [2.05, 4.69) is 15.3 Å². The highest BCUT2D eigenvalue weighted by Crippen LogP contribution is 2.59. The fourth-order valence-corrected chi connectivity index (χ4v) is 4.53. The highest BCUT2D eigenvalue weighted by molar-refractivity contribution is 5.91. The van der Waals surface area contributed by atoms with Crippen LogP contribution in [0.15, 0.2) is 12.4 Å². The van der Waals surface area contributed by atoms with Gasteiger partial charge < -0.3 is 15.8 Å². The lowest BCUT2D eigenvalue weighted by molar-refractivity contribution is -0.160. The van der Waals surface area contributed by atoms with Crippen molar-refractivity contribution < 1.29 is 9.53 Å². The Morgan fingerprint density at radius 2 is 2.33 bits per heavy atom. The van der Waals surface area contributed by atoms with Crippen molar-refractivity contribution in [3.8, 4) is 0 Å². The number of primary amides is 1. The molecule has 3 aliphatic rings. The molecule has 2 aliphatic carbocycles. The second-order valence-electron chi connectivity index (χ2n) is 6.43. The summed E-state index contributed by atoms with van der Waals surface area (Å²) in [6, 6.07) is 2.00. The van der Waals surface area contributed by atoms with Crippen LogP contribution in [-0.2, 0) is 4.74 Å². The molecule has 4 atom stereocenters. The standard InChI is InChI=1S/C15H20N4O2/c16-14(20)12-7-13(18-8-17-12)19-11-2-1-4-15-9(3-5-21-15)6-10(11)15/h7-11H,1-6H2,(H2,16,20)(H,17,18,19). The van der Waals surface area contributed by atoms with Gasteiger partial charge in [0.2, 0.25) is 0 Å². The average Bonchev–Trinajstić information content (AvgIpc) is 2.74. The number of anilines is 1. The number of carbonyl (C=O) groups is 1. The number of aromatic nitrogens is 2. The van der Waals surface area contributed by atoms with E-state index in [1.54, 1.807) is 6.07 Å².